The Morgan fingerprint density at radius 2 is 0.745 bits per heavy atom. The van der Waals surface area contributed by atoms with E-state index in [0.717, 1.165) is 0 Å². The first kappa shape index (κ1) is 59.8. The van der Waals surface area contributed by atoms with Crippen molar-refractivity contribution in [2.75, 3.05) is 0 Å². The molecule has 12 aromatic rings. The third-order valence-electron chi connectivity index (χ3n) is 24.1. The van der Waals surface area contributed by atoms with Gasteiger partial charge in [0.25, 0.3) is 6.71 Å². The highest BCUT2D eigenvalue weighted by molar-refractivity contribution is 7.00. The first-order valence-corrected chi connectivity index (χ1v) is 35.4. The van der Waals surface area contributed by atoms with E-state index < -0.39 is 5.41 Å². The molecule has 0 N–H and O–H groups in total. The lowest BCUT2D eigenvalue weighted by Crippen LogP contribution is -2.61. The number of nitrogens with zero attached hydrogens (tertiary/aromatic N) is 2. The minimum absolute atomic E-state index is 0.0540. The maximum absolute atomic E-state index is 2.87. The Bertz CT molecular complexity index is 5360. The average Bonchev–Trinajstić information content (AvgIpc) is 1.40. The van der Waals surface area contributed by atoms with Crippen LogP contribution in [0, 0.1) is 0 Å². The maximum Gasteiger partial charge on any atom is 0.252 e. The van der Waals surface area contributed by atoms with Gasteiger partial charge in [-0.1, -0.05) is 268 Å². The predicted octanol–water partition coefficient (Wildman–Crippen LogP) is 22.3. The van der Waals surface area contributed by atoms with E-state index in [-0.39, 0.29) is 50.0 Å². The third-order valence-corrected chi connectivity index (χ3v) is 24.1. The van der Waals surface area contributed by atoms with Crippen LogP contribution >= 0.6 is 0 Å². The van der Waals surface area contributed by atoms with Gasteiger partial charge in [-0.15, -0.1) is 0 Å². The number of aromatic nitrogens is 2. The molecular weight excluding hydrogens is 1130 g/mol. The smallest absolute Gasteiger partial charge is 0.252 e. The van der Waals surface area contributed by atoms with Crippen LogP contribution in [0.1, 0.15) is 232 Å². The lowest BCUT2D eigenvalue weighted by atomic mass is 9.33. The Labute approximate surface area is 560 Å². The van der Waals surface area contributed by atoms with Gasteiger partial charge in [0.05, 0.1) is 22.1 Å². The molecule has 0 saturated heterocycles. The van der Waals surface area contributed by atoms with Crippen molar-refractivity contribution in [3.05, 3.63) is 218 Å². The average molecular weight is 1230 g/mol. The zero-order chi connectivity index (χ0) is 66.4. The van der Waals surface area contributed by atoms with Crippen molar-refractivity contribution in [2.45, 2.75) is 214 Å². The van der Waals surface area contributed by atoms with Gasteiger partial charge in [0.2, 0.25) is 0 Å². The summed E-state index contributed by atoms with van der Waals surface area (Å²) in [6.45, 7) is 53.3. The van der Waals surface area contributed by atoms with Crippen LogP contribution in [-0.2, 0) is 48.7 Å². The van der Waals surface area contributed by atoms with Crippen molar-refractivity contribution in [2.24, 2.45) is 0 Å². The van der Waals surface area contributed by atoms with Gasteiger partial charge in [-0.3, -0.25) is 0 Å². The van der Waals surface area contributed by atoms with Crippen LogP contribution in [0.15, 0.2) is 152 Å². The molecule has 472 valence electrons. The van der Waals surface area contributed by atoms with Gasteiger partial charge >= 0.3 is 0 Å². The molecule has 0 radical (unpaired) electrons. The molecule has 94 heavy (non-hydrogen) atoms. The van der Waals surface area contributed by atoms with Crippen LogP contribution in [0.3, 0.4) is 0 Å². The number of fused-ring (bicyclic) bond motifs is 16. The van der Waals surface area contributed by atoms with Crippen molar-refractivity contribution < 1.29 is 0 Å². The van der Waals surface area contributed by atoms with E-state index in [2.05, 4.69) is 313 Å². The summed E-state index contributed by atoms with van der Waals surface area (Å²) in [4.78, 5) is 0. The largest absolute Gasteiger partial charge is 0.310 e. The van der Waals surface area contributed by atoms with E-state index in [9.17, 15) is 0 Å². The van der Waals surface area contributed by atoms with Gasteiger partial charge in [-0.2, -0.15) is 0 Å². The van der Waals surface area contributed by atoms with Gasteiger partial charge in [0, 0.05) is 43.8 Å². The Balaban J connectivity index is 1.14. The molecule has 3 aliphatic heterocycles. The molecule has 5 aliphatic rings. The highest BCUT2D eigenvalue weighted by Gasteiger charge is 2.56. The SMILES string of the molecule is CC(C)(C)c1ccc2c(c1)C1(c3cc(C(C)(C)C)ccc3-2)c2cc(-c3ccc(-c4ccc5c(c4)C(C)(C)CCC5(C)C)c4ccccc34)c3c4c2-n2c5c(cc(C(C)(C)C)cc5c5cc(C(C)(C)C)cc1c52)B4c1cc(C(C)(C)C)cc2c4cc(C(C)(C)C)ccc4n-3c12. The second kappa shape index (κ2) is 18.4. The molecule has 0 amide bonds. The van der Waals surface area contributed by atoms with Gasteiger partial charge in [0.15, 0.2) is 0 Å². The van der Waals surface area contributed by atoms with Crippen LogP contribution < -0.4 is 16.4 Å². The summed E-state index contributed by atoms with van der Waals surface area (Å²) in [6.07, 6.45) is 2.37. The maximum atomic E-state index is 2.87. The first-order chi connectivity index (χ1) is 43.9. The fourth-order valence-electron chi connectivity index (χ4n) is 18.4. The van der Waals surface area contributed by atoms with Gasteiger partial charge in [-0.25, -0.2) is 0 Å². The van der Waals surface area contributed by atoms with Crippen molar-refractivity contribution in [1.29, 1.82) is 0 Å². The summed E-state index contributed by atoms with van der Waals surface area (Å²) in [7, 11) is 0. The van der Waals surface area contributed by atoms with E-state index in [1.165, 1.54) is 195 Å². The van der Waals surface area contributed by atoms with Crippen LogP contribution in [0.2, 0.25) is 0 Å². The Hall–Kier alpha value is -7.88. The lowest BCUT2D eigenvalue weighted by Gasteiger charge is -2.45. The molecule has 1 spiro atoms. The topological polar surface area (TPSA) is 9.86 Å². The number of hydrogen-bond donors (Lipinski definition) is 0. The molecule has 10 aromatic carbocycles. The molecule has 0 bridgehead atoms. The minimum Gasteiger partial charge on any atom is -0.310 e. The lowest BCUT2D eigenvalue weighted by molar-refractivity contribution is 0.332. The Kier molecular flexibility index (Phi) is 11.7. The van der Waals surface area contributed by atoms with Crippen LogP contribution in [0.4, 0.5) is 0 Å². The zero-order valence-electron chi connectivity index (χ0n) is 60.3. The van der Waals surface area contributed by atoms with Gasteiger partial charge in [-0.05, 0) is 214 Å². The van der Waals surface area contributed by atoms with Crippen molar-refractivity contribution >= 4 is 77.5 Å². The summed E-state index contributed by atoms with van der Waals surface area (Å²) >= 11 is 0. The summed E-state index contributed by atoms with van der Waals surface area (Å²) in [5, 5.41) is 7.99. The Morgan fingerprint density at radius 3 is 1.30 bits per heavy atom. The molecule has 2 nitrogen and oxygen atoms in total. The minimum atomic E-state index is -0.742. The van der Waals surface area contributed by atoms with E-state index in [1.807, 2.05) is 0 Å². The molecule has 2 aliphatic carbocycles. The quantitative estimate of drug-likeness (QED) is 0.153. The third kappa shape index (κ3) is 7.91. The number of rotatable bonds is 2. The van der Waals surface area contributed by atoms with Crippen LogP contribution in [0.25, 0.3) is 99.1 Å². The zero-order valence-corrected chi connectivity index (χ0v) is 60.3. The van der Waals surface area contributed by atoms with Crippen LogP contribution in [0.5, 0.6) is 0 Å². The van der Waals surface area contributed by atoms with E-state index in [1.54, 1.807) is 0 Å². The van der Waals surface area contributed by atoms with Crippen molar-refractivity contribution in [3.8, 4) is 44.8 Å². The summed E-state index contributed by atoms with van der Waals surface area (Å²) in [6, 6.07) is 63.6. The van der Waals surface area contributed by atoms with Gasteiger partial charge < -0.3 is 9.13 Å². The summed E-state index contributed by atoms with van der Waals surface area (Å²) in [5.74, 6) is 0. The second-order valence-electron chi connectivity index (χ2n) is 37.3. The van der Waals surface area contributed by atoms with Crippen LogP contribution in [-0.4, -0.2) is 15.8 Å². The highest BCUT2D eigenvalue weighted by Crippen LogP contribution is 2.64. The van der Waals surface area contributed by atoms with Crippen molar-refractivity contribution in [3.63, 3.8) is 0 Å². The molecule has 3 heteroatoms. The number of benzene rings is 10. The van der Waals surface area contributed by atoms with E-state index >= 15 is 0 Å². The molecule has 0 saturated carbocycles. The molecule has 17 rings (SSSR count). The summed E-state index contributed by atoms with van der Waals surface area (Å²) in [5.41, 5.74) is 35.7. The summed E-state index contributed by atoms with van der Waals surface area (Å²) < 4.78 is 5.68. The fourth-order valence-corrected chi connectivity index (χ4v) is 18.4. The Morgan fingerprint density at radius 1 is 0.309 bits per heavy atom. The second-order valence-corrected chi connectivity index (χ2v) is 37.3. The molecule has 5 heterocycles. The molecule has 0 unspecified atom stereocenters. The molecule has 0 atom stereocenters. The number of hydrogen-bond acceptors (Lipinski definition) is 0. The van der Waals surface area contributed by atoms with E-state index in [0.29, 0.717) is 0 Å². The molecule has 2 aromatic heterocycles. The molecular formula is C91H95BN2. The molecule has 0 fully saturated rings. The first-order valence-electron chi connectivity index (χ1n) is 35.4. The standard InChI is InChI=1S/C91H95BN2/c1-83(2,3)51-30-36-76-63(40-51)64-42-55(87(13,14)15)47-74-79(64)93(76)81-67(60-34-33-57(58-25-23-24-26-59(58)60)50-27-35-68-71(39-50)90(21,22)38-37-89(68,19)20)49-73-82-77(81)92(74)75-48-56(88(16,17)18)43-66-65-41-54(86(10,11)12)46-72(78(65)94(82)80(66)75)91(73)69-44-52(84(4,5)6)28-31-61(69)62-32-29-53(45-70(62)91)85(7,8)9/h23-36,39-49H,37-38H2,1-22H3. The van der Waals surface area contributed by atoms with Gasteiger partial charge in [0.1, 0.15) is 0 Å². The normalized spacial score (nSPS) is 16.6. The van der Waals surface area contributed by atoms with Crippen molar-refractivity contribution in [1.82, 2.24) is 9.13 Å². The monoisotopic (exact) mass is 1230 g/mol. The van der Waals surface area contributed by atoms with E-state index in [4.69, 9.17) is 0 Å². The fraction of sp³-hybridized carbons (Fsp3) is 0.363. The highest BCUT2D eigenvalue weighted by atomic mass is 15.1. The predicted molar refractivity (Wildman–Crippen MR) is 407 cm³/mol.